The van der Waals surface area contributed by atoms with Crippen LogP contribution in [0.15, 0.2) is 0 Å². The van der Waals surface area contributed by atoms with Crippen molar-refractivity contribution in [2.45, 2.75) is 50.4 Å². The number of nitrogens with two attached hydrogens (primary N) is 1. The first-order valence-electron chi connectivity index (χ1n) is 8.22. The summed E-state index contributed by atoms with van der Waals surface area (Å²) in [6, 6.07) is 0. The van der Waals surface area contributed by atoms with Crippen molar-refractivity contribution in [3.8, 4) is 0 Å². The Morgan fingerprint density at radius 2 is 1.96 bits per heavy atom. The van der Waals surface area contributed by atoms with Gasteiger partial charge in [0.1, 0.15) is 6.10 Å². The van der Waals surface area contributed by atoms with E-state index in [1.807, 2.05) is 0 Å². The number of hydrogen-bond donors (Lipinski definition) is 3. The maximum Gasteiger partial charge on any atom is 0.249 e. The molecule has 2 rings (SSSR count). The number of hydrogen-bond acceptors (Lipinski definition) is 6. The van der Waals surface area contributed by atoms with E-state index in [9.17, 15) is 13.2 Å². The van der Waals surface area contributed by atoms with Crippen LogP contribution in [-0.2, 0) is 24.3 Å². The van der Waals surface area contributed by atoms with Gasteiger partial charge in [0.25, 0.3) is 0 Å². The largest absolute Gasteiger partial charge is 0.377 e. The molecule has 0 aromatic rings. The van der Waals surface area contributed by atoms with Gasteiger partial charge in [-0.2, -0.15) is 0 Å². The molecule has 2 saturated heterocycles. The predicted molar refractivity (Wildman–Crippen MR) is 92.6 cm³/mol. The van der Waals surface area contributed by atoms with E-state index in [0.717, 1.165) is 25.7 Å². The topological polar surface area (TPSA) is 120 Å². The van der Waals surface area contributed by atoms with Gasteiger partial charge < -0.3 is 20.5 Å². The number of nitrogens with one attached hydrogen (secondary N) is 2. The zero-order chi connectivity index (χ0) is 16.7. The molecule has 142 valence electrons. The van der Waals surface area contributed by atoms with Crippen LogP contribution >= 0.6 is 12.4 Å². The Kier molecular flexibility index (Phi) is 9.47. The smallest absolute Gasteiger partial charge is 0.249 e. The quantitative estimate of drug-likeness (QED) is 0.519. The number of rotatable bonds is 8. The summed E-state index contributed by atoms with van der Waals surface area (Å²) in [5.74, 6) is -0.426. The van der Waals surface area contributed by atoms with Crippen LogP contribution in [0.1, 0.15) is 32.1 Å². The van der Waals surface area contributed by atoms with Crippen molar-refractivity contribution in [3.63, 3.8) is 0 Å². The number of carbonyl (C=O) groups excluding carboxylic acids is 1. The van der Waals surface area contributed by atoms with Crippen LogP contribution in [0.25, 0.3) is 0 Å². The van der Waals surface area contributed by atoms with Crippen molar-refractivity contribution in [2.24, 2.45) is 5.73 Å². The minimum absolute atomic E-state index is 0. The molecule has 0 radical (unpaired) electrons. The first-order chi connectivity index (χ1) is 11.0. The third-order valence-corrected chi connectivity index (χ3v) is 5.49. The number of carbonyl (C=O) groups is 1. The molecule has 0 spiro atoms. The van der Waals surface area contributed by atoms with Crippen molar-refractivity contribution < 1.29 is 22.7 Å². The van der Waals surface area contributed by atoms with Gasteiger partial charge in [0.05, 0.1) is 18.0 Å². The fourth-order valence-electron chi connectivity index (χ4n) is 2.75. The van der Waals surface area contributed by atoms with Crippen LogP contribution in [0.5, 0.6) is 0 Å². The summed E-state index contributed by atoms with van der Waals surface area (Å²) in [5.41, 5.74) is 5.49. The molecule has 0 aromatic heterocycles. The fourth-order valence-corrected chi connectivity index (χ4v) is 3.71. The first-order valence-corrected chi connectivity index (χ1v) is 9.87. The van der Waals surface area contributed by atoms with Crippen LogP contribution in [0, 0.1) is 0 Å². The number of sulfonamides is 1. The lowest BCUT2D eigenvalue weighted by Crippen LogP contribution is -2.41. The van der Waals surface area contributed by atoms with Gasteiger partial charge in [0.2, 0.25) is 15.9 Å². The zero-order valence-electron chi connectivity index (χ0n) is 13.7. The number of amides is 1. The zero-order valence-corrected chi connectivity index (χ0v) is 15.4. The van der Waals surface area contributed by atoms with Gasteiger partial charge in [-0.25, -0.2) is 13.1 Å². The molecule has 8 nitrogen and oxygen atoms in total. The van der Waals surface area contributed by atoms with Gasteiger partial charge in [-0.05, 0) is 32.1 Å². The molecule has 3 atom stereocenters. The second kappa shape index (κ2) is 10.5. The van der Waals surface area contributed by atoms with E-state index in [2.05, 4.69) is 10.0 Å². The Bertz CT molecular complexity index is 485. The molecule has 0 aromatic carbocycles. The lowest BCUT2D eigenvalue weighted by molar-refractivity contribution is -0.131. The fraction of sp³-hybridized carbons (Fsp3) is 0.929. The lowest BCUT2D eigenvalue weighted by Gasteiger charge is -2.22. The van der Waals surface area contributed by atoms with Crippen molar-refractivity contribution in [3.05, 3.63) is 0 Å². The highest BCUT2D eigenvalue weighted by molar-refractivity contribution is 7.89. The molecular weight excluding hydrogens is 358 g/mol. The van der Waals surface area contributed by atoms with Crippen molar-refractivity contribution in [1.82, 2.24) is 10.0 Å². The van der Waals surface area contributed by atoms with Crippen molar-refractivity contribution in [1.29, 1.82) is 0 Å². The second-order valence-corrected chi connectivity index (χ2v) is 7.93. The molecule has 2 fully saturated rings. The minimum atomic E-state index is -3.42. The van der Waals surface area contributed by atoms with Gasteiger partial charge in [-0.1, -0.05) is 0 Å². The van der Waals surface area contributed by atoms with E-state index < -0.39 is 16.1 Å². The molecule has 0 saturated carbocycles. The Labute approximate surface area is 149 Å². The van der Waals surface area contributed by atoms with E-state index in [1.54, 1.807) is 0 Å². The molecule has 2 heterocycles. The summed E-state index contributed by atoms with van der Waals surface area (Å²) < 4.78 is 37.3. The molecule has 0 bridgehead atoms. The first kappa shape index (κ1) is 21.6. The van der Waals surface area contributed by atoms with Gasteiger partial charge in [-0.3, -0.25) is 4.79 Å². The van der Waals surface area contributed by atoms with Crippen LogP contribution in [0.2, 0.25) is 0 Å². The highest BCUT2D eigenvalue weighted by atomic mass is 35.5. The molecule has 2 aliphatic heterocycles. The highest BCUT2D eigenvalue weighted by Crippen LogP contribution is 2.18. The van der Waals surface area contributed by atoms with E-state index in [-0.39, 0.29) is 42.8 Å². The third kappa shape index (κ3) is 7.20. The third-order valence-electron chi connectivity index (χ3n) is 4.14. The average molecular weight is 386 g/mol. The molecule has 1 amide bonds. The van der Waals surface area contributed by atoms with Crippen LogP contribution in [0.3, 0.4) is 0 Å². The summed E-state index contributed by atoms with van der Waals surface area (Å²) in [6.45, 7) is 1.44. The van der Waals surface area contributed by atoms with Crippen LogP contribution < -0.4 is 15.8 Å². The molecule has 2 aliphatic rings. The summed E-state index contributed by atoms with van der Waals surface area (Å²) >= 11 is 0. The van der Waals surface area contributed by atoms with Gasteiger partial charge in [0.15, 0.2) is 0 Å². The van der Waals surface area contributed by atoms with Gasteiger partial charge in [0, 0.05) is 26.2 Å². The van der Waals surface area contributed by atoms with E-state index in [0.29, 0.717) is 26.1 Å². The molecule has 10 heteroatoms. The Morgan fingerprint density at radius 3 is 2.58 bits per heavy atom. The maximum absolute atomic E-state index is 11.9. The SMILES string of the molecule is Cl.NC[C@H]1CC[C@@H](C(=O)NCCS(=O)(=O)NCC2CCCCO2)O1. The predicted octanol–water partition coefficient (Wildman–Crippen LogP) is -0.481. The summed E-state index contributed by atoms with van der Waals surface area (Å²) in [7, 11) is -3.42. The molecule has 1 unspecified atom stereocenters. The van der Waals surface area contributed by atoms with Gasteiger partial charge >= 0.3 is 0 Å². The summed E-state index contributed by atoms with van der Waals surface area (Å²) in [5, 5.41) is 2.61. The lowest BCUT2D eigenvalue weighted by atomic mass is 10.1. The number of halogens is 1. The minimum Gasteiger partial charge on any atom is -0.377 e. The molecule has 0 aliphatic carbocycles. The van der Waals surface area contributed by atoms with Crippen molar-refractivity contribution >= 4 is 28.3 Å². The van der Waals surface area contributed by atoms with Crippen molar-refractivity contribution in [2.75, 3.05) is 32.0 Å². The van der Waals surface area contributed by atoms with E-state index >= 15 is 0 Å². The van der Waals surface area contributed by atoms with Crippen LogP contribution in [-0.4, -0.2) is 64.6 Å². The second-order valence-electron chi connectivity index (χ2n) is 6.01. The number of ether oxygens (including phenoxy) is 2. The Morgan fingerprint density at radius 1 is 1.17 bits per heavy atom. The maximum atomic E-state index is 11.9. The monoisotopic (exact) mass is 385 g/mol. The normalized spacial score (nSPS) is 27.5. The van der Waals surface area contributed by atoms with E-state index in [4.69, 9.17) is 15.2 Å². The summed E-state index contributed by atoms with van der Waals surface area (Å²) in [4.78, 5) is 11.9. The molecule has 4 N–H and O–H groups in total. The van der Waals surface area contributed by atoms with E-state index in [1.165, 1.54) is 0 Å². The molecule has 24 heavy (non-hydrogen) atoms. The summed E-state index contributed by atoms with van der Waals surface area (Å²) in [6.07, 6.45) is 3.71. The Hall–Kier alpha value is -0.450. The highest BCUT2D eigenvalue weighted by Gasteiger charge is 2.29. The van der Waals surface area contributed by atoms with Crippen LogP contribution in [0.4, 0.5) is 0 Å². The van der Waals surface area contributed by atoms with Gasteiger partial charge in [-0.15, -0.1) is 12.4 Å². The molecular formula is C14H28ClN3O5S. The standard InChI is InChI=1S/C14H27N3O5S.ClH/c15-9-11-4-5-13(22-11)14(18)16-6-8-23(19,20)17-10-12-3-1-2-7-21-12;/h11-13,17H,1-10,15H2,(H,16,18);1H/t11-,12?,13+;/m1./s1. The Balaban J connectivity index is 0.00000288. The average Bonchev–Trinajstić information content (AvgIpc) is 3.03.